The van der Waals surface area contributed by atoms with Gasteiger partial charge in [0.1, 0.15) is 6.54 Å². The molecule has 0 heterocycles. The van der Waals surface area contributed by atoms with Crippen LogP contribution in [0.2, 0.25) is 0 Å². The molecule has 2 nitrogen and oxygen atoms in total. The fourth-order valence-electron chi connectivity index (χ4n) is 1.82. The molecule has 0 fully saturated rings. The van der Waals surface area contributed by atoms with E-state index in [9.17, 15) is 18.0 Å². The molecule has 0 aliphatic carbocycles. The van der Waals surface area contributed by atoms with Gasteiger partial charge in [-0.1, -0.05) is 38.1 Å². The minimum Gasteiger partial charge on any atom is -0.346 e. The lowest BCUT2D eigenvalue weighted by Crippen LogP contribution is -2.43. The first-order valence-electron chi connectivity index (χ1n) is 6.49. The van der Waals surface area contributed by atoms with E-state index in [1.54, 1.807) is 26.0 Å². The van der Waals surface area contributed by atoms with Crippen molar-refractivity contribution in [2.24, 2.45) is 0 Å². The summed E-state index contributed by atoms with van der Waals surface area (Å²) in [6.07, 6.45) is -4.40. The predicted octanol–water partition coefficient (Wildman–Crippen LogP) is 3.77. The quantitative estimate of drug-likeness (QED) is 0.897. The Morgan fingerprint density at radius 1 is 1.15 bits per heavy atom. The Balaban J connectivity index is 2.84. The molecule has 20 heavy (non-hydrogen) atoms. The van der Waals surface area contributed by atoms with E-state index >= 15 is 0 Å². The van der Waals surface area contributed by atoms with E-state index in [2.05, 4.69) is 13.8 Å². The van der Waals surface area contributed by atoms with Crippen molar-refractivity contribution in [1.29, 1.82) is 0 Å². The molecule has 0 aliphatic rings. The van der Waals surface area contributed by atoms with Crippen molar-refractivity contribution in [3.05, 3.63) is 35.4 Å². The lowest BCUT2D eigenvalue weighted by molar-refractivity contribution is -0.141. The molecular formula is C15H20F3NO. The van der Waals surface area contributed by atoms with Gasteiger partial charge in [-0.15, -0.1) is 0 Å². The van der Waals surface area contributed by atoms with Gasteiger partial charge in [0.2, 0.25) is 5.91 Å². The van der Waals surface area contributed by atoms with Crippen LogP contribution in [0.5, 0.6) is 0 Å². The molecule has 0 saturated carbocycles. The van der Waals surface area contributed by atoms with Crippen LogP contribution in [0.4, 0.5) is 13.2 Å². The van der Waals surface area contributed by atoms with Gasteiger partial charge in [0.25, 0.3) is 0 Å². The van der Waals surface area contributed by atoms with Gasteiger partial charge in [-0.25, -0.2) is 0 Å². The molecule has 0 atom stereocenters. The first kappa shape index (κ1) is 16.5. The maximum Gasteiger partial charge on any atom is 0.405 e. The van der Waals surface area contributed by atoms with Gasteiger partial charge in [0.15, 0.2) is 0 Å². The van der Waals surface area contributed by atoms with Crippen molar-refractivity contribution in [2.75, 3.05) is 6.54 Å². The molecule has 0 unspecified atom stereocenters. The average Bonchev–Trinajstić information content (AvgIpc) is 2.35. The monoisotopic (exact) mass is 287 g/mol. The van der Waals surface area contributed by atoms with Crippen LogP contribution in [0.25, 0.3) is 0 Å². The van der Waals surface area contributed by atoms with Gasteiger partial charge < -0.3 is 5.32 Å². The molecule has 0 bridgehead atoms. The molecule has 1 amide bonds. The van der Waals surface area contributed by atoms with Crippen LogP contribution in [-0.2, 0) is 10.2 Å². The van der Waals surface area contributed by atoms with Gasteiger partial charge in [0, 0.05) is 0 Å². The van der Waals surface area contributed by atoms with E-state index in [-0.39, 0.29) is 0 Å². The van der Waals surface area contributed by atoms with E-state index in [1.165, 1.54) is 0 Å². The zero-order valence-corrected chi connectivity index (χ0v) is 12.1. The molecule has 0 aromatic heterocycles. The van der Waals surface area contributed by atoms with Crippen LogP contribution in [0.1, 0.15) is 44.7 Å². The number of benzene rings is 1. The second-order valence-corrected chi connectivity index (χ2v) is 5.70. The Hall–Kier alpha value is -1.52. The van der Waals surface area contributed by atoms with E-state index in [1.807, 2.05) is 17.4 Å². The largest absolute Gasteiger partial charge is 0.405 e. The van der Waals surface area contributed by atoms with E-state index < -0.39 is 24.0 Å². The summed E-state index contributed by atoms with van der Waals surface area (Å²) in [5, 5.41) is 1.93. The first-order chi connectivity index (χ1) is 9.04. The van der Waals surface area contributed by atoms with Gasteiger partial charge >= 0.3 is 6.18 Å². The van der Waals surface area contributed by atoms with Crippen molar-refractivity contribution in [3.8, 4) is 0 Å². The predicted molar refractivity (Wildman–Crippen MR) is 72.6 cm³/mol. The van der Waals surface area contributed by atoms with Crippen molar-refractivity contribution >= 4 is 5.91 Å². The standard InChI is InChI=1S/C15H20F3NO/c1-10(2)11-5-7-12(8-6-11)14(3,4)13(20)19-9-15(16,17)18/h5-8,10H,9H2,1-4H3,(H,19,20). The van der Waals surface area contributed by atoms with Gasteiger partial charge in [-0.05, 0) is 30.9 Å². The highest BCUT2D eigenvalue weighted by atomic mass is 19.4. The number of nitrogens with one attached hydrogen (secondary N) is 1. The minimum absolute atomic E-state index is 0.367. The Morgan fingerprint density at radius 2 is 1.65 bits per heavy atom. The lowest BCUT2D eigenvalue weighted by atomic mass is 9.83. The van der Waals surface area contributed by atoms with Gasteiger partial charge in [-0.2, -0.15) is 13.2 Å². The van der Waals surface area contributed by atoms with Crippen LogP contribution < -0.4 is 5.32 Å². The number of hydrogen-bond acceptors (Lipinski definition) is 1. The second-order valence-electron chi connectivity index (χ2n) is 5.70. The molecule has 1 aromatic rings. The van der Waals surface area contributed by atoms with Crippen molar-refractivity contribution in [2.45, 2.75) is 45.2 Å². The maximum absolute atomic E-state index is 12.1. The van der Waals surface area contributed by atoms with Gasteiger partial charge in [-0.3, -0.25) is 4.79 Å². The average molecular weight is 287 g/mol. The fraction of sp³-hybridized carbons (Fsp3) is 0.533. The minimum atomic E-state index is -4.40. The zero-order chi connectivity index (χ0) is 15.6. The summed E-state index contributed by atoms with van der Waals surface area (Å²) < 4.78 is 36.4. The number of carbonyl (C=O) groups excluding carboxylic acids is 1. The Kier molecular flexibility index (Phi) is 4.84. The number of carbonyl (C=O) groups is 1. The number of alkyl halides is 3. The maximum atomic E-state index is 12.1. The number of rotatable bonds is 4. The molecule has 1 rings (SSSR count). The summed E-state index contributed by atoms with van der Waals surface area (Å²) >= 11 is 0. The molecular weight excluding hydrogens is 267 g/mol. The Morgan fingerprint density at radius 3 is 2.05 bits per heavy atom. The summed E-state index contributed by atoms with van der Waals surface area (Å²) in [4.78, 5) is 11.9. The number of halogens is 3. The molecule has 0 spiro atoms. The van der Waals surface area contributed by atoms with Crippen LogP contribution >= 0.6 is 0 Å². The molecule has 0 saturated heterocycles. The first-order valence-corrected chi connectivity index (χ1v) is 6.49. The molecule has 0 aliphatic heterocycles. The molecule has 1 N–H and O–H groups in total. The summed E-state index contributed by atoms with van der Waals surface area (Å²) in [6, 6.07) is 7.39. The highest BCUT2D eigenvalue weighted by molar-refractivity contribution is 5.87. The third-order valence-electron chi connectivity index (χ3n) is 3.32. The molecule has 5 heteroatoms. The van der Waals surface area contributed by atoms with Crippen molar-refractivity contribution in [3.63, 3.8) is 0 Å². The third kappa shape index (κ3) is 4.25. The number of amides is 1. The smallest absolute Gasteiger partial charge is 0.346 e. The van der Waals surface area contributed by atoms with E-state index in [0.29, 0.717) is 11.5 Å². The Labute approximate surface area is 117 Å². The number of hydrogen-bond donors (Lipinski definition) is 1. The topological polar surface area (TPSA) is 29.1 Å². The molecule has 1 aromatic carbocycles. The summed E-state index contributed by atoms with van der Waals surface area (Å²) in [5.74, 6) is -0.265. The lowest BCUT2D eigenvalue weighted by Gasteiger charge is -2.25. The fourth-order valence-corrected chi connectivity index (χ4v) is 1.82. The normalized spacial score (nSPS) is 12.6. The zero-order valence-electron chi connectivity index (χ0n) is 12.1. The van der Waals surface area contributed by atoms with Crippen LogP contribution in [0.15, 0.2) is 24.3 Å². The van der Waals surface area contributed by atoms with Crippen LogP contribution in [0.3, 0.4) is 0 Å². The summed E-state index contributed by atoms with van der Waals surface area (Å²) in [5.41, 5.74) is 0.822. The van der Waals surface area contributed by atoms with E-state index in [0.717, 1.165) is 5.56 Å². The SMILES string of the molecule is CC(C)c1ccc(C(C)(C)C(=O)NCC(F)(F)F)cc1. The molecule has 112 valence electrons. The summed E-state index contributed by atoms with van der Waals surface area (Å²) in [6.45, 7) is 6.03. The highest BCUT2D eigenvalue weighted by Gasteiger charge is 2.34. The van der Waals surface area contributed by atoms with Crippen LogP contribution in [-0.4, -0.2) is 18.6 Å². The Bertz CT molecular complexity index is 461. The van der Waals surface area contributed by atoms with Crippen molar-refractivity contribution < 1.29 is 18.0 Å². The van der Waals surface area contributed by atoms with E-state index in [4.69, 9.17) is 0 Å². The van der Waals surface area contributed by atoms with Crippen molar-refractivity contribution in [1.82, 2.24) is 5.32 Å². The van der Waals surface area contributed by atoms with Crippen LogP contribution in [0, 0.1) is 0 Å². The highest BCUT2D eigenvalue weighted by Crippen LogP contribution is 2.26. The van der Waals surface area contributed by atoms with Gasteiger partial charge in [0.05, 0.1) is 5.41 Å². The third-order valence-corrected chi connectivity index (χ3v) is 3.32. The summed E-state index contributed by atoms with van der Waals surface area (Å²) in [7, 11) is 0. The second kappa shape index (κ2) is 5.85. The molecule has 0 radical (unpaired) electrons.